The van der Waals surface area contributed by atoms with Gasteiger partial charge < -0.3 is 29.7 Å². The normalized spacial score (nSPS) is 20.3. The van der Waals surface area contributed by atoms with E-state index in [2.05, 4.69) is 53.2 Å². The minimum atomic E-state index is -0.170. The first-order chi connectivity index (χ1) is 17.9. The van der Waals surface area contributed by atoms with Crippen LogP contribution in [0.4, 0.5) is 0 Å². The summed E-state index contributed by atoms with van der Waals surface area (Å²) in [5.74, 6) is 1.90. The molecule has 2 unspecified atom stereocenters. The third-order valence-corrected chi connectivity index (χ3v) is 7.54. The summed E-state index contributed by atoms with van der Waals surface area (Å²) in [5, 5.41) is 12.7. The lowest BCUT2D eigenvalue weighted by Crippen LogP contribution is -2.35. The minimum absolute atomic E-state index is 0.0527. The van der Waals surface area contributed by atoms with Crippen LogP contribution in [-0.2, 0) is 4.79 Å². The number of hydrogen-bond donors (Lipinski definition) is 2. The van der Waals surface area contributed by atoms with Crippen LogP contribution >= 0.6 is 0 Å². The van der Waals surface area contributed by atoms with Crippen molar-refractivity contribution < 1.29 is 19.4 Å². The predicted octanol–water partition coefficient (Wildman–Crippen LogP) is 3.79. The lowest BCUT2D eigenvalue weighted by Gasteiger charge is -2.19. The van der Waals surface area contributed by atoms with Crippen molar-refractivity contribution in [2.24, 2.45) is 0 Å². The van der Waals surface area contributed by atoms with Crippen LogP contribution in [0.2, 0.25) is 0 Å². The highest BCUT2D eigenvalue weighted by atomic mass is 16.5. The molecule has 2 fully saturated rings. The fourth-order valence-corrected chi connectivity index (χ4v) is 5.52. The highest BCUT2D eigenvalue weighted by Crippen LogP contribution is 2.35. The number of nitrogens with zero attached hydrogens (tertiary/aromatic N) is 2. The van der Waals surface area contributed by atoms with Crippen LogP contribution < -0.4 is 14.8 Å². The van der Waals surface area contributed by atoms with Gasteiger partial charge in [0.05, 0.1) is 19.3 Å². The Morgan fingerprint density at radius 1 is 0.892 bits per heavy atom. The zero-order valence-corrected chi connectivity index (χ0v) is 22.7. The molecule has 7 heteroatoms. The molecule has 0 aromatic heterocycles. The lowest BCUT2D eigenvalue weighted by molar-refractivity contribution is -0.119. The maximum Gasteiger partial charge on any atom is 0.217 e. The van der Waals surface area contributed by atoms with E-state index in [1.54, 1.807) is 6.92 Å². The van der Waals surface area contributed by atoms with Gasteiger partial charge in [-0.3, -0.25) is 4.79 Å². The Morgan fingerprint density at radius 2 is 1.43 bits per heavy atom. The number of ether oxygens (including phenoxy) is 2. The number of rotatable bonds is 12. The molecular formula is C30H43N3O4. The van der Waals surface area contributed by atoms with Crippen molar-refractivity contribution in [2.45, 2.75) is 58.6 Å². The molecule has 2 aliphatic heterocycles. The Bertz CT molecular complexity index is 1040. The summed E-state index contributed by atoms with van der Waals surface area (Å²) in [5.41, 5.74) is 4.62. The number of β-amino-alcohol motifs (C(OH)–C–C–N with tert-alkyl or cyclic N) is 1. The van der Waals surface area contributed by atoms with Gasteiger partial charge in [-0.15, -0.1) is 0 Å². The molecule has 2 heterocycles. The highest BCUT2D eigenvalue weighted by Gasteiger charge is 2.22. The van der Waals surface area contributed by atoms with Crippen LogP contribution in [0.5, 0.6) is 11.5 Å². The minimum Gasteiger partial charge on any atom is -0.493 e. The molecule has 0 spiro atoms. The molecule has 37 heavy (non-hydrogen) atoms. The number of nitrogens with one attached hydrogen (secondary N) is 1. The first kappa shape index (κ1) is 27.4. The van der Waals surface area contributed by atoms with E-state index in [0.717, 1.165) is 87.6 Å². The third-order valence-electron chi connectivity index (χ3n) is 7.54. The molecule has 202 valence electrons. The van der Waals surface area contributed by atoms with E-state index in [4.69, 9.17) is 9.47 Å². The van der Waals surface area contributed by atoms with Gasteiger partial charge in [0, 0.05) is 52.2 Å². The van der Waals surface area contributed by atoms with E-state index in [9.17, 15) is 9.90 Å². The van der Waals surface area contributed by atoms with Crippen LogP contribution in [0.1, 0.15) is 43.7 Å². The van der Waals surface area contributed by atoms with Crippen LogP contribution in [0.3, 0.4) is 0 Å². The molecule has 2 aromatic rings. The van der Waals surface area contributed by atoms with Crippen molar-refractivity contribution >= 4 is 5.91 Å². The molecular weight excluding hydrogens is 466 g/mol. The van der Waals surface area contributed by atoms with Crippen molar-refractivity contribution in [2.75, 3.05) is 52.5 Å². The van der Waals surface area contributed by atoms with Crippen molar-refractivity contribution in [3.05, 3.63) is 47.5 Å². The summed E-state index contributed by atoms with van der Waals surface area (Å²) >= 11 is 0. The second kappa shape index (κ2) is 13.3. The first-order valence-corrected chi connectivity index (χ1v) is 13.8. The second-order valence-electron chi connectivity index (χ2n) is 10.5. The standard InChI is InChI=1S/C30H43N3O4/c1-22-27(8-4-10-29(22)36-18-6-14-32-16-12-25(20-32)31-24(3)34)28-9-5-11-30(23(28)2)37-19-7-15-33-17-13-26(35)21-33/h4-5,8-11,25-26,35H,6-7,12-21H2,1-3H3,(H,31,34). The van der Waals surface area contributed by atoms with E-state index in [1.807, 2.05) is 12.1 Å². The van der Waals surface area contributed by atoms with E-state index in [-0.39, 0.29) is 18.1 Å². The van der Waals surface area contributed by atoms with Crippen LogP contribution in [0.25, 0.3) is 11.1 Å². The summed E-state index contributed by atoms with van der Waals surface area (Å²) in [6.45, 7) is 12.8. The Labute approximate surface area is 221 Å². The Balaban J connectivity index is 1.28. The number of aliphatic hydroxyl groups is 1. The maximum absolute atomic E-state index is 11.3. The Hall–Kier alpha value is -2.61. The summed E-state index contributed by atoms with van der Waals surface area (Å²) in [6.07, 6.45) is 3.63. The first-order valence-electron chi connectivity index (χ1n) is 13.8. The van der Waals surface area contributed by atoms with Gasteiger partial charge in [-0.05, 0) is 73.9 Å². The Kier molecular flexibility index (Phi) is 9.83. The number of aliphatic hydroxyl groups excluding tert-OH is 1. The average Bonchev–Trinajstić information content (AvgIpc) is 3.49. The Morgan fingerprint density at radius 3 is 1.95 bits per heavy atom. The fourth-order valence-electron chi connectivity index (χ4n) is 5.52. The zero-order valence-electron chi connectivity index (χ0n) is 22.7. The van der Waals surface area contributed by atoms with Gasteiger partial charge in [-0.1, -0.05) is 24.3 Å². The molecule has 0 radical (unpaired) electrons. The van der Waals surface area contributed by atoms with E-state index in [0.29, 0.717) is 13.2 Å². The van der Waals surface area contributed by atoms with E-state index < -0.39 is 0 Å². The van der Waals surface area contributed by atoms with Crippen molar-refractivity contribution in [3.8, 4) is 22.6 Å². The maximum atomic E-state index is 11.3. The number of benzene rings is 2. The van der Waals surface area contributed by atoms with Gasteiger partial charge in [0.15, 0.2) is 0 Å². The predicted molar refractivity (Wildman–Crippen MR) is 147 cm³/mol. The van der Waals surface area contributed by atoms with Gasteiger partial charge >= 0.3 is 0 Å². The van der Waals surface area contributed by atoms with Gasteiger partial charge in [0.25, 0.3) is 0 Å². The topological polar surface area (TPSA) is 74.3 Å². The molecule has 0 saturated carbocycles. The summed E-state index contributed by atoms with van der Waals surface area (Å²) < 4.78 is 12.4. The smallest absolute Gasteiger partial charge is 0.217 e. The van der Waals surface area contributed by atoms with Gasteiger partial charge in [0.2, 0.25) is 5.91 Å². The lowest BCUT2D eigenvalue weighted by atomic mass is 9.95. The van der Waals surface area contributed by atoms with Crippen molar-refractivity contribution in [3.63, 3.8) is 0 Å². The molecule has 4 rings (SSSR count). The number of hydrogen-bond acceptors (Lipinski definition) is 6. The van der Waals surface area contributed by atoms with Gasteiger partial charge in [0.1, 0.15) is 11.5 Å². The van der Waals surface area contributed by atoms with Crippen LogP contribution in [0, 0.1) is 13.8 Å². The summed E-state index contributed by atoms with van der Waals surface area (Å²) in [4.78, 5) is 16.0. The van der Waals surface area contributed by atoms with Crippen molar-refractivity contribution in [1.29, 1.82) is 0 Å². The average molecular weight is 510 g/mol. The monoisotopic (exact) mass is 509 g/mol. The molecule has 7 nitrogen and oxygen atoms in total. The molecule has 2 atom stereocenters. The van der Waals surface area contributed by atoms with Crippen LogP contribution in [0.15, 0.2) is 36.4 Å². The fraction of sp³-hybridized carbons (Fsp3) is 0.567. The molecule has 1 amide bonds. The molecule has 2 N–H and O–H groups in total. The number of likely N-dealkylation sites (tertiary alicyclic amines) is 2. The second-order valence-corrected chi connectivity index (χ2v) is 10.5. The number of carbonyl (C=O) groups is 1. The molecule has 0 bridgehead atoms. The van der Waals surface area contributed by atoms with Gasteiger partial charge in [-0.2, -0.15) is 0 Å². The van der Waals surface area contributed by atoms with Crippen molar-refractivity contribution in [1.82, 2.24) is 15.1 Å². The molecule has 2 aromatic carbocycles. The summed E-state index contributed by atoms with van der Waals surface area (Å²) in [7, 11) is 0. The SMILES string of the molecule is CC(=O)NC1CCN(CCCOc2cccc(-c3cccc(OCCCN4CCC(O)C4)c3C)c2C)C1. The molecule has 0 aliphatic carbocycles. The molecule has 2 saturated heterocycles. The number of amides is 1. The van der Waals surface area contributed by atoms with E-state index in [1.165, 1.54) is 11.1 Å². The third kappa shape index (κ3) is 7.69. The number of carbonyl (C=O) groups excluding carboxylic acids is 1. The zero-order chi connectivity index (χ0) is 26.2. The quantitative estimate of drug-likeness (QED) is 0.424. The van der Waals surface area contributed by atoms with Gasteiger partial charge in [-0.25, -0.2) is 0 Å². The highest BCUT2D eigenvalue weighted by molar-refractivity contribution is 5.74. The largest absolute Gasteiger partial charge is 0.493 e. The van der Waals surface area contributed by atoms with Crippen LogP contribution in [-0.4, -0.2) is 85.4 Å². The molecule has 2 aliphatic rings. The summed E-state index contributed by atoms with van der Waals surface area (Å²) in [6, 6.07) is 12.8. The van der Waals surface area contributed by atoms with E-state index >= 15 is 0 Å².